The molecule has 0 heterocycles. The van der Waals surface area contributed by atoms with E-state index >= 15 is 0 Å². The molecule has 2 rings (SSSR count). The molecule has 0 aromatic heterocycles. The molecule has 4 heteroatoms. The van der Waals surface area contributed by atoms with Crippen LogP contribution in [0.25, 0.3) is 0 Å². The van der Waals surface area contributed by atoms with Gasteiger partial charge in [-0.05, 0) is 12.0 Å². The standard InChI is InChI=1S/C16H14N2O2/c1-20-15(19)14-9-5-8-13(16(14,10-17)11-18)12-6-3-2-4-7-12/h2-8,13-14H,9H2,1H3/t13-,14-/m0/s1. The molecule has 0 radical (unpaired) electrons. The van der Waals surface area contributed by atoms with Crippen molar-refractivity contribution in [2.75, 3.05) is 7.11 Å². The Balaban J connectivity index is 2.55. The monoisotopic (exact) mass is 266 g/mol. The minimum atomic E-state index is -1.43. The predicted molar refractivity (Wildman–Crippen MR) is 72.1 cm³/mol. The second-order valence-corrected chi connectivity index (χ2v) is 4.72. The first-order valence-electron chi connectivity index (χ1n) is 6.31. The highest BCUT2D eigenvalue weighted by atomic mass is 16.5. The van der Waals surface area contributed by atoms with Crippen molar-refractivity contribution in [3.8, 4) is 12.1 Å². The summed E-state index contributed by atoms with van der Waals surface area (Å²) >= 11 is 0. The Morgan fingerprint density at radius 3 is 2.50 bits per heavy atom. The van der Waals surface area contributed by atoms with E-state index in [-0.39, 0.29) is 0 Å². The van der Waals surface area contributed by atoms with Crippen LogP contribution in [0.3, 0.4) is 0 Å². The van der Waals surface area contributed by atoms with Gasteiger partial charge in [0.25, 0.3) is 0 Å². The number of benzene rings is 1. The van der Waals surface area contributed by atoms with Crippen LogP contribution in [0, 0.1) is 34.0 Å². The lowest BCUT2D eigenvalue weighted by Crippen LogP contribution is -2.40. The highest BCUT2D eigenvalue weighted by Crippen LogP contribution is 2.47. The van der Waals surface area contributed by atoms with Gasteiger partial charge in [-0.25, -0.2) is 0 Å². The van der Waals surface area contributed by atoms with Gasteiger partial charge in [-0.1, -0.05) is 42.5 Å². The topological polar surface area (TPSA) is 73.9 Å². The molecule has 0 unspecified atom stereocenters. The van der Waals surface area contributed by atoms with Crippen LogP contribution in [0.1, 0.15) is 17.9 Å². The van der Waals surface area contributed by atoms with Gasteiger partial charge >= 0.3 is 5.97 Å². The van der Waals surface area contributed by atoms with Gasteiger partial charge in [-0.3, -0.25) is 4.79 Å². The first kappa shape index (κ1) is 13.8. The van der Waals surface area contributed by atoms with Crippen LogP contribution in [0.4, 0.5) is 0 Å². The van der Waals surface area contributed by atoms with Gasteiger partial charge in [-0.2, -0.15) is 10.5 Å². The number of rotatable bonds is 2. The van der Waals surface area contributed by atoms with Gasteiger partial charge in [0.15, 0.2) is 5.41 Å². The zero-order valence-corrected chi connectivity index (χ0v) is 11.1. The van der Waals surface area contributed by atoms with E-state index in [9.17, 15) is 15.3 Å². The number of methoxy groups -OCH3 is 1. The van der Waals surface area contributed by atoms with Gasteiger partial charge < -0.3 is 4.74 Å². The zero-order valence-electron chi connectivity index (χ0n) is 11.1. The third kappa shape index (κ3) is 2.06. The molecule has 100 valence electrons. The van der Waals surface area contributed by atoms with Crippen molar-refractivity contribution >= 4 is 5.97 Å². The number of carbonyl (C=O) groups is 1. The number of esters is 1. The third-order valence-electron chi connectivity index (χ3n) is 3.75. The van der Waals surface area contributed by atoms with Crippen LogP contribution in [-0.4, -0.2) is 13.1 Å². The highest BCUT2D eigenvalue weighted by molar-refractivity contribution is 5.76. The van der Waals surface area contributed by atoms with E-state index < -0.39 is 23.2 Å². The fraction of sp³-hybridized carbons (Fsp3) is 0.312. The highest BCUT2D eigenvalue weighted by Gasteiger charge is 2.51. The predicted octanol–water partition coefficient (Wildman–Crippen LogP) is 2.55. The van der Waals surface area contributed by atoms with Crippen molar-refractivity contribution in [1.29, 1.82) is 10.5 Å². The first-order valence-corrected chi connectivity index (χ1v) is 6.31. The van der Waals surface area contributed by atoms with Gasteiger partial charge in [0.1, 0.15) is 0 Å². The smallest absolute Gasteiger partial charge is 0.311 e. The Bertz CT molecular complexity index is 594. The quantitative estimate of drug-likeness (QED) is 0.609. The van der Waals surface area contributed by atoms with Crippen LogP contribution in [-0.2, 0) is 9.53 Å². The summed E-state index contributed by atoms with van der Waals surface area (Å²) in [6, 6.07) is 13.4. The van der Waals surface area contributed by atoms with Crippen molar-refractivity contribution < 1.29 is 9.53 Å². The number of nitrogens with zero attached hydrogens (tertiary/aromatic N) is 2. The van der Waals surface area contributed by atoms with Gasteiger partial charge in [0.05, 0.1) is 25.2 Å². The molecule has 0 saturated heterocycles. The van der Waals surface area contributed by atoms with Crippen molar-refractivity contribution in [1.82, 2.24) is 0 Å². The lowest BCUT2D eigenvalue weighted by atomic mass is 9.62. The Morgan fingerprint density at radius 1 is 1.30 bits per heavy atom. The molecule has 1 aromatic rings. The molecule has 1 aliphatic carbocycles. The number of nitriles is 2. The molecule has 4 nitrogen and oxygen atoms in total. The number of hydrogen-bond acceptors (Lipinski definition) is 4. The summed E-state index contributed by atoms with van der Waals surface area (Å²) in [4.78, 5) is 11.9. The molecule has 0 aliphatic heterocycles. The minimum absolute atomic E-state index is 0.344. The van der Waals surface area contributed by atoms with Crippen molar-refractivity contribution in [3.63, 3.8) is 0 Å². The van der Waals surface area contributed by atoms with E-state index in [1.54, 1.807) is 0 Å². The molecule has 0 fully saturated rings. The Hall–Kier alpha value is -2.59. The molecule has 1 aliphatic rings. The molecule has 0 saturated carbocycles. The molecule has 0 N–H and O–H groups in total. The molecule has 2 atom stereocenters. The summed E-state index contributed by atoms with van der Waals surface area (Å²) < 4.78 is 4.76. The lowest BCUT2D eigenvalue weighted by molar-refractivity contribution is -0.148. The van der Waals surface area contributed by atoms with Gasteiger partial charge in [0.2, 0.25) is 0 Å². The fourth-order valence-corrected chi connectivity index (χ4v) is 2.68. The summed E-state index contributed by atoms with van der Waals surface area (Å²) in [6.45, 7) is 0. The number of hydrogen-bond donors (Lipinski definition) is 0. The molecular weight excluding hydrogens is 252 g/mol. The number of carbonyl (C=O) groups excluding carboxylic acids is 1. The third-order valence-corrected chi connectivity index (χ3v) is 3.75. The second-order valence-electron chi connectivity index (χ2n) is 4.72. The van der Waals surface area contributed by atoms with Crippen molar-refractivity contribution in [2.45, 2.75) is 12.3 Å². The Labute approximate surface area is 117 Å². The number of allylic oxidation sites excluding steroid dienone is 2. The van der Waals surface area contributed by atoms with E-state index in [4.69, 9.17) is 4.74 Å². The maximum atomic E-state index is 11.9. The summed E-state index contributed by atoms with van der Waals surface area (Å²) in [7, 11) is 1.28. The van der Waals surface area contributed by atoms with E-state index in [2.05, 4.69) is 12.1 Å². The lowest BCUT2D eigenvalue weighted by Gasteiger charge is -2.35. The summed E-state index contributed by atoms with van der Waals surface area (Å²) in [5.74, 6) is -1.72. The van der Waals surface area contributed by atoms with Crippen LogP contribution >= 0.6 is 0 Å². The first-order chi connectivity index (χ1) is 9.69. The van der Waals surface area contributed by atoms with Crippen LogP contribution < -0.4 is 0 Å². The second kappa shape index (κ2) is 5.59. The molecule has 0 spiro atoms. The fourth-order valence-electron chi connectivity index (χ4n) is 2.68. The van der Waals surface area contributed by atoms with Crippen molar-refractivity contribution in [3.05, 3.63) is 48.0 Å². The minimum Gasteiger partial charge on any atom is -0.469 e. The molecule has 1 aromatic carbocycles. The van der Waals surface area contributed by atoms with Crippen LogP contribution in [0.5, 0.6) is 0 Å². The van der Waals surface area contributed by atoms with E-state index in [0.29, 0.717) is 6.42 Å². The molecule has 20 heavy (non-hydrogen) atoms. The van der Waals surface area contributed by atoms with E-state index in [0.717, 1.165) is 5.56 Å². The van der Waals surface area contributed by atoms with Crippen LogP contribution in [0.2, 0.25) is 0 Å². The maximum Gasteiger partial charge on any atom is 0.311 e. The SMILES string of the molecule is COC(=O)[C@@H]1CC=C[C@@H](c2ccccc2)C1(C#N)C#N. The average Bonchev–Trinajstić information content (AvgIpc) is 2.53. The van der Waals surface area contributed by atoms with E-state index in [1.807, 2.05) is 42.5 Å². The van der Waals surface area contributed by atoms with E-state index in [1.165, 1.54) is 7.11 Å². The van der Waals surface area contributed by atoms with Gasteiger partial charge in [0, 0.05) is 5.92 Å². The molecular formula is C16H14N2O2. The normalized spacial score (nSPS) is 23.4. The average molecular weight is 266 g/mol. The van der Waals surface area contributed by atoms with Crippen molar-refractivity contribution in [2.24, 2.45) is 11.3 Å². The number of ether oxygens (including phenoxy) is 1. The summed E-state index contributed by atoms with van der Waals surface area (Å²) in [5.41, 5.74) is -0.580. The zero-order chi connectivity index (χ0) is 14.6. The Kier molecular flexibility index (Phi) is 3.86. The molecule has 0 bridgehead atoms. The largest absolute Gasteiger partial charge is 0.469 e. The Morgan fingerprint density at radius 2 is 1.95 bits per heavy atom. The maximum absolute atomic E-state index is 11.9. The van der Waals surface area contributed by atoms with Crippen LogP contribution in [0.15, 0.2) is 42.5 Å². The summed E-state index contributed by atoms with van der Waals surface area (Å²) in [6.07, 6.45) is 4.02. The molecule has 0 amide bonds. The van der Waals surface area contributed by atoms with Gasteiger partial charge in [-0.15, -0.1) is 0 Å². The summed E-state index contributed by atoms with van der Waals surface area (Å²) in [5, 5.41) is 19.1.